The van der Waals surface area contributed by atoms with E-state index in [-0.39, 0.29) is 17.8 Å². The van der Waals surface area contributed by atoms with Crippen molar-refractivity contribution in [2.45, 2.75) is 46.3 Å². The minimum absolute atomic E-state index is 0.120. The van der Waals surface area contributed by atoms with Crippen molar-refractivity contribution in [2.75, 3.05) is 13.1 Å². The van der Waals surface area contributed by atoms with Crippen molar-refractivity contribution in [2.24, 2.45) is 5.92 Å². The van der Waals surface area contributed by atoms with Gasteiger partial charge in [-0.15, -0.1) is 0 Å². The third-order valence-electron chi connectivity index (χ3n) is 5.18. The highest BCUT2D eigenvalue weighted by molar-refractivity contribution is 5.77. The second-order valence-corrected chi connectivity index (χ2v) is 7.71. The van der Waals surface area contributed by atoms with Crippen LogP contribution >= 0.6 is 0 Å². The number of benzene rings is 1. The van der Waals surface area contributed by atoms with E-state index in [2.05, 4.69) is 23.7 Å². The first-order valence-electron chi connectivity index (χ1n) is 9.61. The molecule has 1 aromatic heterocycles. The van der Waals surface area contributed by atoms with Crippen molar-refractivity contribution < 1.29 is 9.18 Å². The Hall–Kier alpha value is -2.27. The van der Waals surface area contributed by atoms with Gasteiger partial charge in [-0.05, 0) is 42.7 Å². The molecule has 3 rings (SSSR count). The molecular formula is C22H28FN3O. The van der Waals surface area contributed by atoms with Gasteiger partial charge >= 0.3 is 0 Å². The average Bonchev–Trinajstić information content (AvgIpc) is 2.77. The Kier molecular flexibility index (Phi) is 6.22. The molecule has 0 N–H and O–H groups in total. The Morgan fingerprint density at radius 3 is 2.56 bits per heavy atom. The van der Waals surface area contributed by atoms with Crippen LogP contribution < -0.4 is 0 Å². The molecule has 27 heavy (non-hydrogen) atoms. The number of hydrogen-bond acceptors (Lipinski definition) is 3. The van der Waals surface area contributed by atoms with Crippen LogP contribution in [0.4, 0.5) is 4.39 Å². The molecule has 1 saturated heterocycles. The first-order chi connectivity index (χ1) is 12.9. The zero-order valence-electron chi connectivity index (χ0n) is 16.4. The molecule has 0 bridgehead atoms. The summed E-state index contributed by atoms with van der Waals surface area (Å²) in [6, 6.07) is 12.6. The van der Waals surface area contributed by atoms with E-state index in [0.29, 0.717) is 18.9 Å². The fourth-order valence-corrected chi connectivity index (χ4v) is 3.66. The summed E-state index contributed by atoms with van der Waals surface area (Å²) in [5.74, 6) is 0.247. The summed E-state index contributed by atoms with van der Waals surface area (Å²) in [4.78, 5) is 21.8. The third kappa shape index (κ3) is 5.13. The quantitative estimate of drug-likeness (QED) is 0.805. The number of halogens is 1. The maximum absolute atomic E-state index is 13.2. The van der Waals surface area contributed by atoms with Gasteiger partial charge in [0.2, 0.25) is 5.91 Å². The van der Waals surface area contributed by atoms with Crippen LogP contribution in [-0.2, 0) is 17.9 Å². The third-order valence-corrected chi connectivity index (χ3v) is 5.18. The fraction of sp³-hybridized carbons (Fsp3) is 0.455. The number of amides is 1. The zero-order valence-corrected chi connectivity index (χ0v) is 16.4. The largest absolute Gasteiger partial charge is 0.334 e. The Balaban J connectivity index is 1.76. The molecule has 1 atom stereocenters. The SMILES string of the molecule is Cc1cccc(CN2CCC(=O)N(Cc3ccc(F)cc3)[C@H](C(C)C)C2)n1. The summed E-state index contributed by atoms with van der Waals surface area (Å²) in [7, 11) is 0. The van der Waals surface area contributed by atoms with E-state index >= 15 is 0 Å². The molecular weight excluding hydrogens is 341 g/mol. The normalized spacial score (nSPS) is 18.8. The second-order valence-electron chi connectivity index (χ2n) is 7.71. The Morgan fingerprint density at radius 2 is 1.89 bits per heavy atom. The lowest BCUT2D eigenvalue weighted by Gasteiger charge is -2.34. The average molecular weight is 369 g/mol. The summed E-state index contributed by atoms with van der Waals surface area (Å²) in [5, 5.41) is 0. The van der Waals surface area contributed by atoms with Gasteiger partial charge in [-0.2, -0.15) is 0 Å². The van der Waals surface area contributed by atoms with Crippen molar-refractivity contribution in [1.29, 1.82) is 0 Å². The molecule has 0 aliphatic carbocycles. The van der Waals surface area contributed by atoms with Crippen LogP contribution in [0.3, 0.4) is 0 Å². The highest BCUT2D eigenvalue weighted by Gasteiger charge is 2.31. The van der Waals surface area contributed by atoms with Crippen molar-refractivity contribution in [3.63, 3.8) is 0 Å². The number of nitrogens with zero attached hydrogens (tertiary/aromatic N) is 3. The topological polar surface area (TPSA) is 36.4 Å². The van der Waals surface area contributed by atoms with Crippen molar-refractivity contribution in [1.82, 2.24) is 14.8 Å². The highest BCUT2D eigenvalue weighted by atomic mass is 19.1. The maximum Gasteiger partial charge on any atom is 0.224 e. The summed E-state index contributed by atoms with van der Waals surface area (Å²) in [5.41, 5.74) is 3.01. The van der Waals surface area contributed by atoms with Gasteiger partial charge in [0.05, 0.1) is 5.69 Å². The van der Waals surface area contributed by atoms with Crippen molar-refractivity contribution >= 4 is 5.91 Å². The minimum Gasteiger partial charge on any atom is -0.334 e. The number of aromatic nitrogens is 1. The van der Waals surface area contributed by atoms with Gasteiger partial charge in [0.1, 0.15) is 5.82 Å². The number of rotatable bonds is 5. The predicted molar refractivity (Wildman–Crippen MR) is 104 cm³/mol. The van der Waals surface area contributed by atoms with Crippen LogP contribution in [0.5, 0.6) is 0 Å². The lowest BCUT2D eigenvalue weighted by Crippen LogP contribution is -2.45. The van der Waals surface area contributed by atoms with Crippen molar-refractivity contribution in [3.8, 4) is 0 Å². The van der Waals surface area contributed by atoms with Crippen LogP contribution in [0.15, 0.2) is 42.5 Å². The number of aryl methyl sites for hydroxylation is 1. The van der Waals surface area contributed by atoms with Crippen LogP contribution in [0.1, 0.15) is 37.2 Å². The summed E-state index contributed by atoms with van der Waals surface area (Å²) in [6.45, 7) is 9.14. The van der Waals surface area contributed by atoms with Gasteiger partial charge in [0, 0.05) is 44.3 Å². The van der Waals surface area contributed by atoms with Gasteiger partial charge in [0.25, 0.3) is 0 Å². The number of hydrogen-bond donors (Lipinski definition) is 0. The molecule has 1 amide bonds. The van der Waals surface area contributed by atoms with Crippen LogP contribution in [0.2, 0.25) is 0 Å². The molecule has 0 unspecified atom stereocenters. The molecule has 0 saturated carbocycles. The minimum atomic E-state index is -0.252. The van der Waals surface area contributed by atoms with Gasteiger partial charge in [-0.25, -0.2) is 4.39 Å². The molecule has 4 nitrogen and oxygen atoms in total. The van der Waals surface area contributed by atoms with Crippen LogP contribution in [-0.4, -0.2) is 39.8 Å². The van der Waals surface area contributed by atoms with Gasteiger partial charge in [-0.3, -0.25) is 14.7 Å². The van der Waals surface area contributed by atoms with E-state index in [0.717, 1.165) is 36.6 Å². The molecule has 1 aromatic carbocycles. The fourth-order valence-electron chi connectivity index (χ4n) is 3.66. The van der Waals surface area contributed by atoms with Gasteiger partial charge in [-0.1, -0.05) is 32.0 Å². The summed E-state index contributed by atoms with van der Waals surface area (Å²) >= 11 is 0. The summed E-state index contributed by atoms with van der Waals surface area (Å²) < 4.78 is 13.2. The number of carbonyl (C=O) groups excluding carboxylic acids is 1. The monoisotopic (exact) mass is 369 g/mol. The smallest absolute Gasteiger partial charge is 0.224 e. The Labute approximate surface area is 161 Å². The molecule has 0 radical (unpaired) electrons. The van der Waals surface area contributed by atoms with Crippen LogP contribution in [0.25, 0.3) is 0 Å². The first-order valence-corrected chi connectivity index (χ1v) is 9.61. The maximum atomic E-state index is 13.2. The molecule has 5 heteroatoms. The van der Waals surface area contributed by atoms with Crippen LogP contribution in [0, 0.1) is 18.7 Å². The molecule has 2 aromatic rings. The van der Waals surface area contributed by atoms with E-state index in [4.69, 9.17) is 0 Å². The van der Waals surface area contributed by atoms with E-state index in [1.165, 1.54) is 12.1 Å². The Morgan fingerprint density at radius 1 is 1.15 bits per heavy atom. The van der Waals surface area contributed by atoms with Crippen molar-refractivity contribution in [3.05, 3.63) is 65.2 Å². The number of carbonyl (C=O) groups is 1. The highest BCUT2D eigenvalue weighted by Crippen LogP contribution is 2.22. The van der Waals surface area contributed by atoms with E-state index in [9.17, 15) is 9.18 Å². The molecule has 1 aliphatic heterocycles. The lowest BCUT2D eigenvalue weighted by molar-refractivity contribution is -0.134. The Bertz CT molecular complexity index is 775. The zero-order chi connectivity index (χ0) is 19.4. The summed E-state index contributed by atoms with van der Waals surface area (Å²) in [6.07, 6.45) is 0.496. The molecule has 2 heterocycles. The molecule has 1 fully saturated rings. The van der Waals surface area contributed by atoms with E-state index in [1.54, 1.807) is 12.1 Å². The van der Waals surface area contributed by atoms with E-state index in [1.807, 2.05) is 30.0 Å². The second kappa shape index (κ2) is 8.61. The predicted octanol–water partition coefficient (Wildman–Crippen LogP) is 3.79. The molecule has 0 spiro atoms. The van der Waals surface area contributed by atoms with E-state index < -0.39 is 0 Å². The number of pyridine rings is 1. The first kappa shape index (κ1) is 19.5. The molecule has 144 valence electrons. The molecule has 1 aliphatic rings. The van der Waals surface area contributed by atoms with Gasteiger partial charge < -0.3 is 4.90 Å². The van der Waals surface area contributed by atoms with Gasteiger partial charge in [0.15, 0.2) is 0 Å². The lowest BCUT2D eigenvalue weighted by atomic mass is 10.0. The standard InChI is InChI=1S/C22H28FN3O/c1-16(2)21-15-25(14-20-6-4-5-17(3)24-20)12-11-22(27)26(21)13-18-7-9-19(23)10-8-18/h4-10,16,21H,11-15H2,1-3H3/t21-/m0/s1.